The highest BCUT2D eigenvalue weighted by Crippen LogP contribution is 2.11. The van der Waals surface area contributed by atoms with Gasteiger partial charge in [0, 0.05) is 0 Å². The van der Waals surface area contributed by atoms with Gasteiger partial charge in [-0.05, 0) is 0 Å². The summed E-state index contributed by atoms with van der Waals surface area (Å²) in [6.45, 7) is 0. The van der Waals surface area contributed by atoms with Crippen LogP contribution < -0.4 is 24.6 Å². The molecule has 12 heteroatoms. The third kappa shape index (κ3) is 1540. The van der Waals surface area contributed by atoms with Gasteiger partial charge in [0.15, 0.2) is 0 Å². The zero-order valence-corrected chi connectivity index (χ0v) is 7.22. The fourth-order valence-electron chi connectivity index (χ4n) is 0. The van der Waals surface area contributed by atoms with Gasteiger partial charge in [0.2, 0.25) is 0 Å². The molecule has 0 aliphatic carbocycles. The van der Waals surface area contributed by atoms with Crippen LogP contribution in [0.3, 0.4) is 0 Å². The van der Waals surface area contributed by atoms with Gasteiger partial charge in [-0.25, -0.2) is 0 Å². The quantitative estimate of drug-likeness (QED) is 0.145. The second-order valence-electron chi connectivity index (χ2n) is 0.506. The molecule has 16 N–H and O–H groups in total. The van der Waals surface area contributed by atoms with Crippen molar-refractivity contribution in [3.05, 3.63) is 10.1 Å². The van der Waals surface area contributed by atoms with Gasteiger partial charge in [-0.15, -0.1) is 10.1 Å². The van der Waals surface area contributed by atoms with Gasteiger partial charge < -0.3 is 44.5 Å². The first-order chi connectivity index (χ1) is 3.46. The van der Waals surface area contributed by atoms with E-state index in [2.05, 4.69) is 0 Å². The lowest BCUT2D eigenvalue weighted by Gasteiger charge is -1.76. The Hall–Kier alpha value is -0.650. The summed E-state index contributed by atoms with van der Waals surface area (Å²) in [4.78, 5) is 30.1. The van der Waals surface area contributed by atoms with Crippen molar-refractivity contribution in [3.8, 4) is 0 Å². The van der Waals surface area contributed by atoms with E-state index in [1.807, 2.05) is 0 Å². The lowest BCUT2D eigenvalue weighted by molar-refractivity contribution is -0.742. The van der Waals surface area contributed by atoms with Crippen LogP contribution in [0.2, 0.25) is 0 Å². The molecule has 0 saturated heterocycles. The molecule has 0 bridgehead atoms. The maximum absolute atomic E-state index is 8.36. The minimum absolute atomic E-state index is 0. The molecule has 0 aliphatic heterocycles. The molecule has 0 radical (unpaired) electrons. The molecular formula is H16N5O6P. The summed E-state index contributed by atoms with van der Waals surface area (Å²) in [5.41, 5.74) is 0. The molecule has 0 aromatic rings. The lowest BCUT2D eigenvalue weighted by Crippen LogP contribution is -1.81. The van der Waals surface area contributed by atoms with Crippen molar-refractivity contribution in [3.63, 3.8) is 0 Å². The number of hydrogen-bond donors (Lipinski definition) is 8. The fraction of sp³-hybridized carbons (Fsp3) is 0. The van der Waals surface area contributed by atoms with Gasteiger partial charge in [0.1, 0.15) is 0 Å². The molecule has 0 spiro atoms. The van der Waals surface area contributed by atoms with E-state index in [1.165, 1.54) is 0 Å². The van der Waals surface area contributed by atoms with E-state index in [1.54, 1.807) is 0 Å². The highest BCUT2D eigenvalue weighted by Gasteiger charge is 1.76. The van der Waals surface area contributed by atoms with E-state index in [9.17, 15) is 0 Å². The normalized spacial score (nSPS) is 5.00. The second kappa shape index (κ2) is 31.6. The van der Waals surface area contributed by atoms with Crippen molar-refractivity contribution in [2.24, 2.45) is 0 Å². The predicted octanol–water partition coefficient (Wildman–Crippen LogP) is -0.510. The van der Waals surface area contributed by atoms with Crippen LogP contribution in [-0.4, -0.2) is 25.0 Å². The zero-order valence-electron chi connectivity index (χ0n) is 6.33. The summed E-state index contributed by atoms with van der Waals surface area (Å²) in [6, 6.07) is 0. The largest absolute Gasteiger partial charge is 0.344 e. The zero-order chi connectivity index (χ0) is 7.15. The summed E-state index contributed by atoms with van der Waals surface area (Å²) in [6.07, 6.45) is 0. The van der Waals surface area contributed by atoms with Crippen molar-refractivity contribution in [1.82, 2.24) is 24.6 Å². The molecule has 0 fully saturated rings. The van der Waals surface area contributed by atoms with E-state index in [0.29, 0.717) is 0 Å². The highest BCUT2D eigenvalue weighted by atomic mass is 31.2. The molecule has 0 atom stereocenters. The Morgan fingerprint density at radius 2 is 1.00 bits per heavy atom. The Morgan fingerprint density at radius 1 is 1.00 bits per heavy atom. The summed E-state index contributed by atoms with van der Waals surface area (Å²) < 4.78 is 0. The van der Waals surface area contributed by atoms with E-state index in [-0.39, 0.29) is 24.6 Å². The topological polar surface area (TPSA) is 264 Å². The Labute approximate surface area is 69.5 Å². The average Bonchev–Trinajstić information content (AvgIpc) is 1.25. The van der Waals surface area contributed by atoms with E-state index in [0.717, 1.165) is 0 Å². The molecule has 0 aromatic carbocycles. The van der Waals surface area contributed by atoms with Crippen LogP contribution in [0.25, 0.3) is 0 Å². The van der Waals surface area contributed by atoms with Crippen LogP contribution in [0, 0.1) is 10.1 Å². The molecule has 0 unspecified atom stereocenters. The maximum Gasteiger partial charge on any atom is 0.324 e. The molecular weight excluding hydrogens is 197 g/mol. The third-order valence-electron chi connectivity index (χ3n) is 0. The summed E-state index contributed by atoms with van der Waals surface area (Å²) in [7, 11) is -2.62. The first kappa shape index (κ1) is 42.5. The van der Waals surface area contributed by atoms with E-state index >= 15 is 0 Å². The fourth-order valence-corrected chi connectivity index (χ4v) is 0. The van der Waals surface area contributed by atoms with Crippen molar-refractivity contribution < 1.29 is 25.0 Å². The van der Waals surface area contributed by atoms with Crippen molar-refractivity contribution in [2.45, 2.75) is 0 Å². The Bertz CT molecular complexity index is 60.2. The molecule has 0 amide bonds. The first-order valence-corrected chi connectivity index (χ1v) is 2.37. The molecule has 12 heavy (non-hydrogen) atoms. The van der Waals surface area contributed by atoms with Crippen molar-refractivity contribution in [2.75, 3.05) is 0 Å². The standard InChI is InChI=1S/HNO3.4H3N.H3O3P/c2-1(3)4;;;;;1-4(2)3/h(H,2,3,4);4*1H3;1-3H. The molecule has 0 aliphatic rings. The highest BCUT2D eigenvalue weighted by molar-refractivity contribution is 7.38. The van der Waals surface area contributed by atoms with Gasteiger partial charge in [0.25, 0.3) is 5.09 Å². The average molecular weight is 213 g/mol. The molecule has 0 saturated carbocycles. The second-order valence-corrected chi connectivity index (χ2v) is 1.04. The first-order valence-electron chi connectivity index (χ1n) is 1.17. The summed E-state index contributed by atoms with van der Waals surface area (Å²) in [5, 5.41) is 13.6. The van der Waals surface area contributed by atoms with Crippen molar-refractivity contribution >= 4 is 8.60 Å². The number of nitrogens with zero attached hydrogens (tertiary/aromatic N) is 1. The molecule has 0 rings (SSSR count). The summed E-state index contributed by atoms with van der Waals surface area (Å²) in [5.74, 6) is 0. The van der Waals surface area contributed by atoms with Gasteiger partial charge in [0.05, 0.1) is 0 Å². The molecule has 0 aromatic heterocycles. The van der Waals surface area contributed by atoms with Gasteiger partial charge in [-0.3, -0.25) is 0 Å². The van der Waals surface area contributed by atoms with Gasteiger partial charge >= 0.3 is 8.60 Å². The van der Waals surface area contributed by atoms with E-state index < -0.39 is 13.7 Å². The minimum Gasteiger partial charge on any atom is -0.344 e. The van der Waals surface area contributed by atoms with Crippen LogP contribution in [0.1, 0.15) is 0 Å². The van der Waals surface area contributed by atoms with Gasteiger partial charge in [-0.1, -0.05) is 0 Å². The Balaban J connectivity index is -0.0000000112. The van der Waals surface area contributed by atoms with Crippen LogP contribution in [0.5, 0.6) is 0 Å². The van der Waals surface area contributed by atoms with Crippen molar-refractivity contribution in [1.29, 1.82) is 0 Å². The predicted molar refractivity (Wildman–Crippen MR) is 42.4 cm³/mol. The Morgan fingerprint density at radius 3 is 1.00 bits per heavy atom. The third-order valence-corrected chi connectivity index (χ3v) is 0. The molecule has 0 heterocycles. The van der Waals surface area contributed by atoms with Crippen LogP contribution >= 0.6 is 8.60 Å². The Kier molecular flexibility index (Phi) is 112. The molecule has 11 nitrogen and oxygen atoms in total. The maximum atomic E-state index is 8.36. The van der Waals surface area contributed by atoms with Crippen LogP contribution in [0.15, 0.2) is 0 Å². The van der Waals surface area contributed by atoms with Crippen LogP contribution in [-0.2, 0) is 0 Å². The monoisotopic (exact) mass is 213 g/mol. The van der Waals surface area contributed by atoms with E-state index in [4.69, 9.17) is 30.0 Å². The van der Waals surface area contributed by atoms with Crippen LogP contribution in [0.4, 0.5) is 0 Å². The lowest BCUT2D eigenvalue weighted by atomic mass is 13.1. The SMILES string of the molecule is N.N.N.N.O=[N+]([O-])O.OP(O)O. The minimum atomic E-state index is -2.62. The number of rotatable bonds is 0. The van der Waals surface area contributed by atoms with Gasteiger partial charge in [-0.2, -0.15) is 0 Å². The number of hydrogen-bond acceptors (Lipinski definition) is 9. The molecule has 82 valence electrons. The smallest absolute Gasteiger partial charge is 0.324 e. The summed E-state index contributed by atoms with van der Waals surface area (Å²) >= 11 is 0.